The number of rotatable bonds is 4. The fourth-order valence-electron chi connectivity index (χ4n) is 3.20. The number of aromatic nitrogens is 2. The number of aromatic amines is 1. The number of nitrogens with two attached hydrogens (primary N) is 1. The molecule has 2 aromatic rings. The van der Waals surface area contributed by atoms with E-state index in [9.17, 15) is 4.79 Å². The van der Waals surface area contributed by atoms with Gasteiger partial charge in [-0.05, 0) is 24.0 Å². The van der Waals surface area contributed by atoms with Crippen molar-refractivity contribution in [3.63, 3.8) is 0 Å². The topological polar surface area (TPSA) is 75.0 Å². The highest BCUT2D eigenvalue weighted by Crippen LogP contribution is 2.28. The summed E-state index contributed by atoms with van der Waals surface area (Å²) in [5.41, 5.74) is 9.15. The Morgan fingerprint density at radius 3 is 2.95 bits per heavy atom. The molecule has 3 N–H and O–H groups in total. The lowest BCUT2D eigenvalue weighted by atomic mass is 9.91. The number of hydrogen-bond donors (Lipinski definition) is 2. The minimum Gasteiger partial charge on any atom is -0.341 e. The zero-order chi connectivity index (χ0) is 15.4. The second-order valence-corrected chi connectivity index (χ2v) is 5.85. The molecule has 1 atom stereocenters. The van der Waals surface area contributed by atoms with E-state index in [1.165, 1.54) is 16.8 Å². The third-order valence-electron chi connectivity index (χ3n) is 4.35. The van der Waals surface area contributed by atoms with Gasteiger partial charge in [0.15, 0.2) is 0 Å². The smallest absolute Gasteiger partial charge is 0.236 e. The summed E-state index contributed by atoms with van der Waals surface area (Å²) in [6.45, 7) is 1.64. The fraction of sp³-hybridized carbons (Fsp3) is 0.412. The molecule has 1 fully saturated rings. The molecule has 1 aliphatic heterocycles. The summed E-state index contributed by atoms with van der Waals surface area (Å²) in [4.78, 5) is 13.7. The van der Waals surface area contributed by atoms with E-state index >= 15 is 0 Å². The van der Waals surface area contributed by atoms with E-state index in [4.69, 9.17) is 5.73 Å². The Kier molecular flexibility index (Phi) is 4.53. The molecule has 1 unspecified atom stereocenters. The number of nitrogens with one attached hydrogen (secondary N) is 1. The molecule has 1 aliphatic rings. The van der Waals surface area contributed by atoms with Crippen molar-refractivity contribution in [2.24, 2.45) is 5.73 Å². The van der Waals surface area contributed by atoms with E-state index in [0.717, 1.165) is 32.4 Å². The number of benzene rings is 1. The van der Waals surface area contributed by atoms with Crippen LogP contribution in [0.4, 0.5) is 0 Å². The predicted octanol–water partition coefficient (Wildman–Crippen LogP) is 1.67. The van der Waals surface area contributed by atoms with Gasteiger partial charge in [-0.15, -0.1) is 0 Å². The number of carbonyl (C=O) groups is 1. The van der Waals surface area contributed by atoms with Gasteiger partial charge < -0.3 is 10.6 Å². The lowest BCUT2D eigenvalue weighted by Gasteiger charge is -2.32. The van der Waals surface area contributed by atoms with Crippen molar-refractivity contribution in [2.75, 3.05) is 19.6 Å². The van der Waals surface area contributed by atoms with Crippen molar-refractivity contribution in [1.29, 1.82) is 0 Å². The van der Waals surface area contributed by atoms with Crippen LogP contribution in [-0.4, -0.2) is 40.6 Å². The van der Waals surface area contributed by atoms with Gasteiger partial charge in [-0.1, -0.05) is 30.3 Å². The minimum absolute atomic E-state index is 0.0359. The monoisotopic (exact) mass is 298 g/mol. The molecule has 2 heterocycles. The summed E-state index contributed by atoms with van der Waals surface area (Å²) in [6, 6.07) is 10.4. The van der Waals surface area contributed by atoms with Crippen molar-refractivity contribution >= 4 is 5.91 Å². The average molecular weight is 298 g/mol. The first-order chi connectivity index (χ1) is 10.8. The minimum atomic E-state index is 0.0359. The van der Waals surface area contributed by atoms with Gasteiger partial charge >= 0.3 is 0 Å². The number of piperidine rings is 1. The van der Waals surface area contributed by atoms with Crippen LogP contribution in [0.3, 0.4) is 0 Å². The molecular formula is C17H22N4O. The maximum absolute atomic E-state index is 11.8. The molecule has 22 heavy (non-hydrogen) atoms. The Morgan fingerprint density at radius 1 is 1.36 bits per heavy atom. The first kappa shape index (κ1) is 14.8. The molecule has 5 nitrogen and oxygen atoms in total. The number of hydrogen-bond acceptors (Lipinski definition) is 3. The van der Waals surface area contributed by atoms with Crippen LogP contribution in [0.5, 0.6) is 0 Å². The quantitative estimate of drug-likeness (QED) is 0.901. The summed E-state index contributed by atoms with van der Waals surface area (Å²) >= 11 is 0. The molecule has 1 aromatic carbocycles. The summed E-state index contributed by atoms with van der Waals surface area (Å²) in [6.07, 6.45) is 4.87. The van der Waals surface area contributed by atoms with Crippen LogP contribution in [0.15, 0.2) is 36.5 Å². The molecule has 1 amide bonds. The van der Waals surface area contributed by atoms with E-state index in [1.54, 1.807) is 0 Å². The number of nitrogens with zero attached hydrogens (tertiary/aromatic N) is 2. The lowest BCUT2D eigenvalue weighted by molar-refractivity contribution is -0.130. The summed E-state index contributed by atoms with van der Waals surface area (Å²) < 4.78 is 0. The van der Waals surface area contributed by atoms with Crippen LogP contribution >= 0.6 is 0 Å². The molecule has 0 bridgehead atoms. The van der Waals surface area contributed by atoms with Crippen LogP contribution in [0.2, 0.25) is 0 Å². The van der Waals surface area contributed by atoms with Gasteiger partial charge in [0.05, 0.1) is 12.7 Å². The predicted molar refractivity (Wildman–Crippen MR) is 85.4 cm³/mol. The summed E-state index contributed by atoms with van der Waals surface area (Å²) in [5.74, 6) is 0.360. The Bertz CT molecular complexity index is 623. The van der Waals surface area contributed by atoms with Crippen LogP contribution in [0.1, 0.15) is 35.6 Å². The Labute approximate surface area is 130 Å². The van der Waals surface area contributed by atoms with Crippen LogP contribution in [0.25, 0.3) is 0 Å². The number of amides is 1. The van der Waals surface area contributed by atoms with Gasteiger partial charge in [-0.3, -0.25) is 9.89 Å². The Balaban J connectivity index is 1.75. The van der Waals surface area contributed by atoms with Crippen molar-refractivity contribution in [2.45, 2.75) is 25.2 Å². The van der Waals surface area contributed by atoms with Crippen LogP contribution in [-0.2, 0) is 11.2 Å². The molecule has 3 rings (SSSR count). The maximum atomic E-state index is 11.8. The summed E-state index contributed by atoms with van der Waals surface area (Å²) in [7, 11) is 0. The number of likely N-dealkylation sites (tertiary alicyclic amines) is 1. The standard InChI is InChI=1S/C17H22N4O/c18-10-16(22)21-8-4-7-14(12-21)17-15(11-19-20-17)9-13-5-2-1-3-6-13/h1-3,5-6,11,14H,4,7-10,12,18H2,(H,19,20). The van der Waals surface area contributed by atoms with Gasteiger partial charge in [0, 0.05) is 31.1 Å². The third kappa shape index (κ3) is 3.20. The normalized spacial score (nSPS) is 18.4. The molecule has 0 saturated carbocycles. The first-order valence-corrected chi connectivity index (χ1v) is 7.82. The SMILES string of the molecule is NCC(=O)N1CCCC(c2[nH]ncc2Cc2ccccc2)C1. The number of H-pyrrole nitrogens is 1. The zero-order valence-corrected chi connectivity index (χ0v) is 12.7. The Morgan fingerprint density at radius 2 is 2.18 bits per heavy atom. The molecule has 5 heteroatoms. The van der Waals surface area contributed by atoms with Gasteiger partial charge in [0.1, 0.15) is 0 Å². The van der Waals surface area contributed by atoms with Gasteiger partial charge in [0.25, 0.3) is 0 Å². The average Bonchev–Trinajstić information content (AvgIpc) is 3.03. The first-order valence-electron chi connectivity index (χ1n) is 7.82. The van der Waals surface area contributed by atoms with Gasteiger partial charge in [-0.25, -0.2) is 0 Å². The van der Waals surface area contributed by atoms with E-state index in [-0.39, 0.29) is 12.5 Å². The second-order valence-electron chi connectivity index (χ2n) is 5.85. The molecule has 1 aromatic heterocycles. The second kappa shape index (κ2) is 6.75. The van der Waals surface area contributed by atoms with Crippen LogP contribution in [0, 0.1) is 0 Å². The highest BCUT2D eigenvalue weighted by atomic mass is 16.2. The summed E-state index contributed by atoms with van der Waals surface area (Å²) in [5, 5.41) is 7.38. The molecule has 0 spiro atoms. The fourth-order valence-corrected chi connectivity index (χ4v) is 3.20. The van der Waals surface area contributed by atoms with E-state index < -0.39 is 0 Å². The lowest BCUT2D eigenvalue weighted by Crippen LogP contribution is -2.42. The molecule has 116 valence electrons. The van der Waals surface area contributed by atoms with Gasteiger partial charge in [0.2, 0.25) is 5.91 Å². The van der Waals surface area contributed by atoms with E-state index in [0.29, 0.717) is 5.92 Å². The molecular weight excluding hydrogens is 276 g/mol. The zero-order valence-electron chi connectivity index (χ0n) is 12.7. The molecule has 1 saturated heterocycles. The van der Waals surface area contributed by atoms with E-state index in [2.05, 4.69) is 34.5 Å². The maximum Gasteiger partial charge on any atom is 0.236 e. The highest BCUT2D eigenvalue weighted by molar-refractivity contribution is 5.78. The van der Waals surface area contributed by atoms with Crippen molar-refractivity contribution in [3.8, 4) is 0 Å². The van der Waals surface area contributed by atoms with Gasteiger partial charge in [-0.2, -0.15) is 5.10 Å². The Hall–Kier alpha value is -2.14. The highest BCUT2D eigenvalue weighted by Gasteiger charge is 2.26. The van der Waals surface area contributed by atoms with Crippen molar-refractivity contribution < 1.29 is 4.79 Å². The molecule has 0 aliphatic carbocycles. The largest absolute Gasteiger partial charge is 0.341 e. The van der Waals surface area contributed by atoms with Crippen molar-refractivity contribution in [1.82, 2.24) is 15.1 Å². The third-order valence-corrected chi connectivity index (χ3v) is 4.35. The number of carbonyl (C=O) groups excluding carboxylic acids is 1. The molecule has 0 radical (unpaired) electrons. The van der Waals surface area contributed by atoms with Crippen LogP contribution < -0.4 is 5.73 Å². The van der Waals surface area contributed by atoms with Crippen molar-refractivity contribution in [3.05, 3.63) is 53.3 Å². The van der Waals surface area contributed by atoms with E-state index in [1.807, 2.05) is 17.2 Å².